The third-order valence-corrected chi connectivity index (χ3v) is 2.58. The molecule has 0 spiro atoms. The first-order valence-corrected chi connectivity index (χ1v) is 5.70. The minimum absolute atomic E-state index is 0.303. The lowest BCUT2D eigenvalue weighted by molar-refractivity contribution is 0.625. The highest BCUT2D eigenvalue weighted by molar-refractivity contribution is 5.63. The summed E-state index contributed by atoms with van der Waals surface area (Å²) in [4.78, 5) is 0. The molecular formula is C14H14F2N2. The standard InChI is InChI=1S/C14H14F2N2/c15-11-2-1-3-13(9-11)18-14-5-4-12(16)8-10(14)6-7-17/h1-5,8-9,18H,6-7,17H2. The molecule has 0 unspecified atom stereocenters. The minimum atomic E-state index is -0.317. The zero-order valence-electron chi connectivity index (χ0n) is 9.79. The Morgan fingerprint density at radius 2 is 1.78 bits per heavy atom. The highest BCUT2D eigenvalue weighted by atomic mass is 19.1. The molecule has 0 saturated heterocycles. The lowest BCUT2D eigenvalue weighted by atomic mass is 10.1. The van der Waals surface area contributed by atoms with E-state index in [0.29, 0.717) is 18.7 Å². The molecule has 18 heavy (non-hydrogen) atoms. The van der Waals surface area contributed by atoms with Crippen LogP contribution in [0.1, 0.15) is 5.56 Å². The van der Waals surface area contributed by atoms with Crippen LogP contribution in [0.5, 0.6) is 0 Å². The van der Waals surface area contributed by atoms with Gasteiger partial charge in [0.2, 0.25) is 0 Å². The number of hydrogen-bond acceptors (Lipinski definition) is 2. The quantitative estimate of drug-likeness (QED) is 0.872. The fourth-order valence-corrected chi connectivity index (χ4v) is 1.77. The van der Waals surface area contributed by atoms with Gasteiger partial charge in [-0.25, -0.2) is 8.78 Å². The highest BCUT2D eigenvalue weighted by Gasteiger charge is 2.04. The SMILES string of the molecule is NCCc1cc(F)ccc1Nc1cccc(F)c1. The van der Waals surface area contributed by atoms with Gasteiger partial charge in [0.25, 0.3) is 0 Å². The van der Waals surface area contributed by atoms with Crippen molar-refractivity contribution in [1.82, 2.24) is 0 Å². The van der Waals surface area contributed by atoms with E-state index in [1.165, 1.54) is 24.3 Å². The Kier molecular flexibility index (Phi) is 3.89. The van der Waals surface area contributed by atoms with Crippen molar-refractivity contribution in [3.05, 3.63) is 59.7 Å². The van der Waals surface area contributed by atoms with Crippen LogP contribution in [0.4, 0.5) is 20.2 Å². The molecule has 0 aliphatic carbocycles. The van der Waals surface area contributed by atoms with E-state index in [4.69, 9.17) is 5.73 Å². The van der Waals surface area contributed by atoms with Gasteiger partial charge in [-0.15, -0.1) is 0 Å². The molecule has 2 rings (SSSR count). The van der Waals surface area contributed by atoms with Gasteiger partial charge >= 0.3 is 0 Å². The first-order valence-electron chi connectivity index (χ1n) is 5.70. The van der Waals surface area contributed by atoms with Crippen LogP contribution in [-0.4, -0.2) is 6.54 Å². The summed E-state index contributed by atoms with van der Waals surface area (Å²) in [5, 5.41) is 3.06. The third kappa shape index (κ3) is 3.05. The summed E-state index contributed by atoms with van der Waals surface area (Å²) in [7, 11) is 0. The molecule has 2 aromatic carbocycles. The lowest BCUT2D eigenvalue weighted by Crippen LogP contribution is -2.05. The Bertz CT molecular complexity index is 541. The van der Waals surface area contributed by atoms with E-state index < -0.39 is 0 Å². The van der Waals surface area contributed by atoms with Gasteiger partial charge in [-0.1, -0.05) is 6.07 Å². The molecule has 4 heteroatoms. The van der Waals surface area contributed by atoms with Crippen molar-refractivity contribution in [1.29, 1.82) is 0 Å². The summed E-state index contributed by atoms with van der Waals surface area (Å²) >= 11 is 0. The Balaban J connectivity index is 2.28. The van der Waals surface area contributed by atoms with Gasteiger partial charge in [-0.05, 0) is 54.9 Å². The molecule has 0 aromatic heterocycles. The van der Waals surface area contributed by atoms with Crippen LogP contribution in [0.15, 0.2) is 42.5 Å². The first-order chi connectivity index (χ1) is 8.69. The molecule has 0 amide bonds. The third-order valence-electron chi connectivity index (χ3n) is 2.58. The zero-order valence-corrected chi connectivity index (χ0v) is 9.79. The second kappa shape index (κ2) is 5.60. The van der Waals surface area contributed by atoms with Crippen LogP contribution in [0.25, 0.3) is 0 Å². The largest absolute Gasteiger partial charge is 0.355 e. The van der Waals surface area contributed by atoms with Crippen LogP contribution in [0.2, 0.25) is 0 Å². The number of hydrogen-bond donors (Lipinski definition) is 2. The average Bonchev–Trinajstić information content (AvgIpc) is 2.33. The van der Waals surface area contributed by atoms with E-state index >= 15 is 0 Å². The van der Waals surface area contributed by atoms with E-state index in [1.54, 1.807) is 18.2 Å². The van der Waals surface area contributed by atoms with Crippen molar-refractivity contribution >= 4 is 11.4 Å². The van der Waals surface area contributed by atoms with Gasteiger partial charge in [0.05, 0.1) is 0 Å². The van der Waals surface area contributed by atoms with E-state index in [2.05, 4.69) is 5.32 Å². The van der Waals surface area contributed by atoms with E-state index in [-0.39, 0.29) is 11.6 Å². The van der Waals surface area contributed by atoms with E-state index in [9.17, 15) is 8.78 Å². The second-order valence-electron chi connectivity index (χ2n) is 3.98. The number of anilines is 2. The maximum absolute atomic E-state index is 13.1. The fourth-order valence-electron chi connectivity index (χ4n) is 1.77. The van der Waals surface area contributed by atoms with Crippen molar-refractivity contribution in [3.8, 4) is 0 Å². The van der Waals surface area contributed by atoms with Crippen LogP contribution < -0.4 is 11.1 Å². The Morgan fingerprint density at radius 3 is 2.50 bits per heavy atom. The molecule has 0 aliphatic rings. The summed E-state index contributed by atoms with van der Waals surface area (Å²) in [6.07, 6.45) is 0.565. The first kappa shape index (κ1) is 12.5. The molecule has 0 atom stereocenters. The average molecular weight is 248 g/mol. The molecule has 2 aromatic rings. The van der Waals surface area contributed by atoms with Crippen molar-refractivity contribution < 1.29 is 8.78 Å². The summed E-state index contributed by atoms with van der Waals surface area (Å²) in [5.41, 5.74) is 7.63. The molecule has 2 nitrogen and oxygen atoms in total. The predicted molar refractivity (Wildman–Crippen MR) is 68.8 cm³/mol. The van der Waals surface area contributed by atoms with Crippen molar-refractivity contribution in [3.63, 3.8) is 0 Å². The van der Waals surface area contributed by atoms with E-state index in [1.807, 2.05) is 0 Å². The van der Waals surface area contributed by atoms with Gasteiger partial charge < -0.3 is 11.1 Å². The maximum Gasteiger partial charge on any atom is 0.125 e. The Labute approximate surface area is 104 Å². The number of nitrogens with two attached hydrogens (primary N) is 1. The number of benzene rings is 2. The molecule has 0 bridgehead atoms. The van der Waals surface area contributed by atoms with Gasteiger partial charge in [-0.3, -0.25) is 0 Å². The van der Waals surface area contributed by atoms with Crippen LogP contribution in [0.3, 0.4) is 0 Å². The number of rotatable bonds is 4. The second-order valence-corrected chi connectivity index (χ2v) is 3.98. The predicted octanol–water partition coefficient (Wildman–Crippen LogP) is 3.21. The molecule has 94 valence electrons. The summed E-state index contributed by atoms with van der Waals surface area (Å²) in [5.74, 6) is -0.620. The van der Waals surface area contributed by atoms with Crippen LogP contribution in [-0.2, 0) is 6.42 Å². The number of nitrogens with one attached hydrogen (secondary N) is 1. The summed E-state index contributed by atoms with van der Waals surface area (Å²) in [6, 6.07) is 10.6. The zero-order chi connectivity index (χ0) is 13.0. The lowest BCUT2D eigenvalue weighted by Gasteiger charge is -2.11. The molecular weight excluding hydrogens is 234 g/mol. The van der Waals surface area contributed by atoms with E-state index in [0.717, 1.165) is 11.3 Å². The smallest absolute Gasteiger partial charge is 0.125 e. The topological polar surface area (TPSA) is 38.0 Å². The molecule has 0 radical (unpaired) electrons. The molecule has 0 heterocycles. The monoisotopic (exact) mass is 248 g/mol. The van der Waals surface area contributed by atoms with Crippen molar-refractivity contribution in [2.24, 2.45) is 5.73 Å². The fraction of sp³-hybridized carbons (Fsp3) is 0.143. The maximum atomic E-state index is 13.1. The Hall–Kier alpha value is -1.94. The van der Waals surface area contributed by atoms with Crippen LogP contribution >= 0.6 is 0 Å². The Morgan fingerprint density at radius 1 is 1.00 bits per heavy atom. The van der Waals surface area contributed by atoms with Crippen LogP contribution in [0, 0.1) is 11.6 Å². The molecule has 0 fully saturated rings. The molecule has 0 saturated carbocycles. The van der Waals surface area contributed by atoms with Gasteiger partial charge in [0.1, 0.15) is 11.6 Å². The highest BCUT2D eigenvalue weighted by Crippen LogP contribution is 2.22. The minimum Gasteiger partial charge on any atom is -0.355 e. The number of halogens is 2. The van der Waals surface area contributed by atoms with Gasteiger partial charge in [0, 0.05) is 11.4 Å². The van der Waals surface area contributed by atoms with Gasteiger partial charge in [0.15, 0.2) is 0 Å². The van der Waals surface area contributed by atoms with Gasteiger partial charge in [-0.2, -0.15) is 0 Å². The van der Waals surface area contributed by atoms with Crippen molar-refractivity contribution in [2.45, 2.75) is 6.42 Å². The summed E-state index contributed by atoms with van der Waals surface area (Å²) < 4.78 is 26.2. The normalized spacial score (nSPS) is 10.4. The summed E-state index contributed by atoms with van der Waals surface area (Å²) in [6.45, 7) is 0.432. The van der Waals surface area contributed by atoms with Crippen molar-refractivity contribution in [2.75, 3.05) is 11.9 Å². The molecule has 0 aliphatic heterocycles. The molecule has 3 N–H and O–H groups in total.